The normalized spacial score (nSPS) is 11.3. The van der Waals surface area contributed by atoms with E-state index in [1.54, 1.807) is 12.4 Å². The van der Waals surface area contributed by atoms with Crippen LogP contribution >= 0.6 is 11.6 Å². The van der Waals surface area contributed by atoms with Crippen molar-refractivity contribution in [3.8, 4) is 0 Å². The van der Waals surface area contributed by atoms with Crippen LogP contribution in [0.2, 0.25) is 5.02 Å². The zero-order valence-electron chi connectivity index (χ0n) is 8.29. The van der Waals surface area contributed by atoms with Crippen LogP contribution in [-0.2, 0) is 0 Å². The van der Waals surface area contributed by atoms with Crippen molar-refractivity contribution >= 4 is 34.5 Å². The lowest BCUT2D eigenvalue weighted by atomic mass is 10.2. The molecule has 2 aromatic heterocycles. The van der Waals surface area contributed by atoms with Gasteiger partial charge in [0.1, 0.15) is 5.65 Å². The number of nitrogens with zero attached hydrogens (tertiary/aromatic N) is 2. The first-order valence-electron chi connectivity index (χ1n) is 4.53. The number of H-pyrrole nitrogens is 1. The Labute approximate surface area is 92.5 Å². The van der Waals surface area contributed by atoms with E-state index in [0.29, 0.717) is 10.7 Å². The van der Waals surface area contributed by atoms with Gasteiger partial charge < -0.3 is 4.98 Å². The number of halogens is 1. The second-order valence-electron chi connectivity index (χ2n) is 3.09. The fourth-order valence-corrected chi connectivity index (χ4v) is 1.60. The average Bonchev–Trinajstić information content (AvgIpc) is 2.60. The van der Waals surface area contributed by atoms with Crippen molar-refractivity contribution < 1.29 is 0 Å². The zero-order valence-corrected chi connectivity index (χ0v) is 9.04. The van der Waals surface area contributed by atoms with Gasteiger partial charge in [0, 0.05) is 29.6 Å². The lowest BCUT2D eigenvalue weighted by Gasteiger charge is -1.97. The van der Waals surface area contributed by atoms with E-state index >= 15 is 0 Å². The molecule has 3 nitrogen and oxygen atoms in total. The van der Waals surface area contributed by atoms with Crippen LogP contribution in [0.4, 0.5) is 0 Å². The van der Waals surface area contributed by atoms with Crippen LogP contribution in [0, 0.1) is 0 Å². The average molecular weight is 220 g/mol. The van der Waals surface area contributed by atoms with Crippen LogP contribution in [-0.4, -0.2) is 16.2 Å². The molecule has 0 aliphatic carbocycles. The summed E-state index contributed by atoms with van der Waals surface area (Å²) >= 11 is 5.88. The number of aromatic amines is 1. The summed E-state index contributed by atoms with van der Waals surface area (Å²) in [5, 5.41) is 1.55. The Morgan fingerprint density at radius 2 is 2.47 bits per heavy atom. The first-order chi connectivity index (χ1) is 7.22. The van der Waals surface area contributed by atoms with E-state index in [1.165, 1.54) is 0 Å². The van der Waals surface area contributed by atoms with Crippen LogP contribution in [0.1, 0.15) is 12.5 Å². The van der Waals surface area contributed by atoms with E-state index < -0.39 is 0 Å². The number of nitrogens with one attached hydrogen (secondary N) is 1. The van der Waals surface area contributed by atoms with Gasteiger partial charge >= 0.3 is 0 Å². The molecule has 0 fully saturated rings. The second kappa shape index (κ2) is 3.87. The van der Waals surface area contributed by atoms with E-state index in [2.05, 4.69) is 21.5 Å². The maximum absolute atomic E-state index is 5.88. The standard InChI is InChI=1S/C11H10ClN3/c1-3-13-7(2)10-6-15-11-9(10)4-8(12)5-14-11/h3-6H,2H2,1H3,(H,14,15). The first kappa shape index (κ1) is 9.93. The van der Waals surface area contributed by atoms with E-state index in [0.717, 1.165) is 16.6 Å². The molecule has 0 unspecified atom stereocenters. The highest BCUT2D eigenvalue weighted by Crippen LogP contribution is 2.25. The number of hydrogen-bond donors (Lipinski definition) is 1. The third kappa shape index (κ3) is 1.78. The number of hydrogen-bond acceptors (Lipinski definition) is 2. The summed E-state index contributed by atoms with van der Waals surface area (Å²) in [6.07, 6.45) is 5.15. The quantitative estimate of drug-likeness (QED) is 0.774. The predicted molar refractivity (Wildman–Crippen MR) is 64.3 cm³/mol. The largest absolute Gasteiger partial charge is 0.345 e. The van der Waals surface area contributed by atoms with Gasteiger partial charge in [0.2, 0.25) is 0 Å². The van der Waals surface area contributed by atoms with Gasteiger partial charge in [0.25, 0.3) is 0 Å². The first-order valence-corrected chi connectivity index (χ1v) is 4.90. The van der Waals surface area contributed by atoms with Crippen LogP contribution in [0.15, 0.2) is 30.0 Å². The molecule has 0 radical (unpaired) electrons. The maximum atomic E-state index is 5.88. The fraction of sp³-hybridized carbons (Fsp3) is 0.0909. The molecular formula is C11H10ClN3. The third-order valence-electron chi connectivity index (χ3n) is 2.09. The summed E-state index contributed by atoms with van der Waals surface area (Å²) in [5.41, 5.74) is 2.42. The highest BCUT2D eigenvalue weighted by Gasteiger charge is 2.07. The van der Waals surface area contributed by atoms with Crippen molar-refractivity contribution in [3.05, 3.63) is 35.6 Å². The molecule has 0 aliphatic rings. The Hall–Kier alpha value is -1.61. The van der Waals surface area contributed by atoms with Gasteiger partial charge in [-0.15, -0.1) is 0 Å². The van der Waals surface area contributed by atoms with Crippen molar-refractivity contribution in [3.63, 3.8) is 0 Å². The molecule has 2 aromatic rings. The van der Waals surface area contributed by atoms with E-state index in [1.807, 2.05) is 19.2 Å². The molecule has 1 N–H and O–H groups in total. The molecule has 76 valence electrons. The van der Waals surface area contributed by atoms with Gasteiger partial charge in [-0.1, -0.05) is 18.2 Å². The second-order valence-corrected chi connectivity index (χ2v) is 3.52. The molecule has 0 amide bonds. The van der Waals surface area contributed by atoms with E-state index in [9.17, 15) is 0 Å². The van der Waals surface area contributed by atoms with Gasteiger partial charge in [-0.25, -0.2) is 4.98 Å². The molecule has 2 heterocycles. The number of aromatic nitrogens is 2. The summed E-state index contributed by atoms with van der Waals surface area (Å²) in [6, 6.07) is 1.85. The molecule has 2 rings (SSSR count). The minimum absolute atomic E-state index is 0.608. The molecule has 15 heavy (non-hydrogen) atoms. The number of fused-ring (bicyclic) bond motifs is 1. The molecule has 0 saturated heterocycles. The monoisotopic (exact) mass is 219 g/mol. The Morgan fingerprint density at radius 1 is 1.67 bits per heavy atom. The molecule has 0 atom stereocenters. The predicted octanol–water partition coefficient (Wildman–Crippen LogP) is 3.28. The maximum Gasteiger partial charge on any atom is 0.138 e. The smallest absolute Gasteiger partial charge is 0.138 e. The Morgan fingerprint density at radius 3 is 3.20 bits per heavy atom. The van der Waals surface area contributed by atoms with Crippen LogP contribution in [0.5, 0.6) is 0 Å². The molecule has 0 saturated carbocycles. The molecule has 0 bridgehead atoms. The Balaban J connectivity index is 2.61. The Bertz CT molecular complexity index is 540. The highest BCUT2D eigenvalue weighted by molar-refractivity contribution is 6.31. The van der Waals surface area contributed by atoms with E-state index in [-0.39, 0.29) is 0 Å². The van der Waals surface area contributed by atoms with Crippen molar-refractivity contribution in [2.45, 2.75) is 6.92 Å². The van der Waals surface area contributed by atoms with Crippen molar-refractivity contribution in [1.82, 2.24) is 9.97 Å². The number of aliphatic imine (C=N–C) groups is 1. The van der Waals surface area contributed by atoms with Crippen LogP contribution < -0.4 is 0 Å². The van der Waals surface area contributed by atoms with Gasteiger partial charge in [-0.2, -0.15) is 0 Å². The minimum atomic E-state index is 0.608. The van der Waals surface area contributed by atoms with Crippen molar-refractivity contribution in [2.24, 2.45) is 4.99 Å². The summed E-state index contributed by atoms with van der Waals surface area (Å²) in [4.78, 5) is 11.4. The topological polar surface area (TPSA) is 41.0 Å². The summed E-state index contributed by atoms with van der Waals surface area (Å²) in [6.45, 7) is 5.73. The van der Waals surface area contributed by atoms with Crippen molar-refractivity contribution in [1.29, 1.82) is 0 Å². The lowest BCUT2D eigenvalue weighted by molar-refractivity contribution is 1.32. The zero-order chi connectivity index (χ0) is 10.8. The molecule has 0 aliphatic heterocycles. The summed E-state index contributed by atoms with van der Waals surface area (Å²) < 4.78 is 0. The molecule has 4 heteroatoms. The van der Waals surface area contributed by atoms with Crippen molar-refractivity contribution in [2.75, 3.05) is 0 Å². The minimum Gasteiger partial charge on any atom is -0.345 e. The molecular weight excluding hydrogens is 210 g/mol. The summed E-state index contributed by atoms with van der Waals surface area (Å²) in [5.74, 6) is 0. The summed E-state index contributed by atoms with van der Waals surface area (Å²) in [7, 11) is 0. The van der Waals surface area contributed by atoms with Crippen LogP contribution in [0.3, 0.4) is 0 Å². The Kier molecular flexibility index (Phi) is 2.56. The van der Waals surface area contributed by atoms with Gasteiger partial charge in [0.05, 0.1) is 10.7 Å². The van der Waals surface area contributed by atoms with Gasteiger partial charge in [-0.05, 0) is 13.0 Å². The lowest BCUT2D eigenvalue weighted by Crippen LogP contribution is -1.79. The molecule has 0 aromatic carbocycles. The van der Waals surface area contributed by atoms with Crippen LogP contribution in [0.25, 0.3) is 16.7 Å². The number of pyridine rings is 1. The van der Waals surface area contributed by atoms with E-state index in [4.69, 9.17) is 11.6 Å². The highest BCUT2D eigenvalue weighted by atomic mass is 35.5. The van der Waals surface area contributed by atoms with Gasteiger partial charge in [-0.3, -0.25) is 4.99 Å². The number of rotatable bonds is 2. The SMILES string of the molecule is C=C(N=CC)c1c[nH]c2ncc(Cl)cc12. The molecule has 0 spiro atoms. The third-order valence-corrected chi connectivity index (χ3v) is 2.30. The fourth-order valence-electron chi connectivity index (χ4n) is 1.44. The van der Waals surface area contributed by atoms with Gasteiger partial charge in [0.15, 0.2) is 0 Å².